The molecule has 0 aliphatic rings. The Morgan fingerprint density at radius 2 is 1.40 bits per heavy atom. The highest BCUT2D eigenvalue weighted by Crippen LogP contribution is 2.31. The summed E-state index contributed by atoms with van der Waals surface area (Å²) in [6.07, 6.45) is -0.629. The highest BCUT2D eigenvalue weighted by molar-refractivity contribution is 5.64. The van der Waals surface area contributed by atoms with E-state index in [0.29, 0.717) is 0 Å². The number of alkyl halides is 3. The number of rotatable bonds is 3. The summed E-state index contributed by atoms with van der Waals surface area (Å²) in [4.78, 5) is 4.18. The molecule has 0 saturated heterocycles. The number of nitrogens with zero attached hydrogens (tertiary/aromatic N) is 2. The molecule has 0 fully saturated rings. The average Bonchev–Trinajstić information content (AvgIpc) is 3.02. The fraction of sp³-hybridized carbons (Fsp3) is 0.250. The second-order valence-electron chi connectivity index (χ2n) is 5.37. The molecule has 0 aliphatic carbocycles. The smallest absolute Gasteiger partial charge is 0.331 e. The minimum atomic E-state index is -4.30. The molecule has 0 radical (unpaired) electrons. The lowest BCUT2D eigenvalue weighted by Crippen LogP contribution is -2.04. The van der Waals surface area contributed by atoms with Gasteiger partial charge in [-0.3, -0.25) is 0 Å². The second-order valence-corrected chi connectivity index (χ2v) is 5.37. The van der Waals surface area contributed by atoms with E-state index in [1.165, 1.54) is 12.1 Å². The number of imidazole rings is 1. The summed E-state index contributed by atoms with van der Waals surface area (Å²) in [6.45, 7) is 6.66. The first-order chi connectivity index (χ1) is 11.9. The summed E-state index contributed by atoms with van der Waals surface area (Å²) in [5, 5.41) is 0. The van der Waals surface area contributed by atoms with Gasteiger partial charge in [0.25, 0.3) is 0 Å². The third-order valence-corrected chi connectivity index (χ3v) is 3.78. The average molecular weight is 346 g/mol. The van der Waals surface area contributed by atoms with Crippen LogP contribution in [0.2, 0.25) is 0 Å². The summed E-state index contributed by atoms with van der Waals surface area (Å²) in [7, 11) is 0. The van der Waals surface area contributed by atoms with Gasteiger partial charge in [0.2, 0.25) is 0 Å². The van der Waals surface area contributed by atoms with Gasteiger partial charge in [-0.25, -0.2) is 4.98 Å². The number of aromatic nitrogens is 2. The lowest BCUT2D eigenvalue weighted by atomic mass is 10.0. The number of halogens is 3. The number of hydrogen-bond donors (Lipinski definition) is 0. The van der Waals surface area contributed by atoms with Crippen LogP contribution in [-0.2, 0) is 12.7 Å². The zero-order chi connectivity index (χ0) is 18.4. The summed E-state index contributed by atoms with van der Waals surface area (Å²) >= 11 is 0. The fourth-order valence-corrected chi connectivity index (χ4v) is 2.42. The van der Waals surface area contributed by atoms with Gasteiger partial charge in [-0.1, -0.05) is 50.2 Å². The SMILES string of the molecule is CC.Cc1nccn1Cc1ccc(-c2ccc(C(F)(F)F)cc2)cc1. The molecular weight excluding hydrogens is 325 g/mol. The van der Waals surface area contributed by atoms with Crippen molar-refractivity contribution in [2.24, 2.45) is 0 Å². The first kappa shape index (κ1) is 18.8. The van der Waals surface area contributed by atoms with E-state index >= 15 is 0 Å². The summed E-state index contributed by atoms with van der Waals surface area (Å²) in [5.41, 5.74) is 2.14. The van der Waals surface area contributed by atoms with Crippen molar-refractivity contribution in [3.8, 4) is 11.1 Å². The molecule has 132 valence electrons. The molecule has 0 atom stereocenters. The zero-order valence-electron chi connectivity index (χ0n) is 14.5. The second kappa shape index (κ2) is 8.01. The Morgan fingerprint density at radius 1 is 0.880 bits per heavy atom. The van der Waals surface area contributed by atoms with Gasteiger partial charge in [-0.2, -0.15) is 13.2 Å². The number of hydrogen-bond acceptors (Lipinski definition) is 1. The molecule has 0 amide bonds. The van der Waals surface area contributed by atoms with E-state index in [2.05, 4.69) is 4.98 Å². The fourth-order valence-electron chi connectivity index (χ4n) is 2.42. The Kier molecular flexibility index (Phi) is 6.02. The molecule has 3 rings (SSSR count). The van der Waals surface area contributed by atoms with Crippen molar-refractivity contribution in [2.75, 3.05) is 0 Å². The Balaban J connectivity index is 0.00000109. The highest BCUT2D eigenvalue weighted by Gasteiger charge is 2.29. The van der Waals surface area contributed by atoms with Crippen molar-refractivity contribution in [3.05, 3.63) is 77.9 Å². The van der Waals surface area contributed by atoms with E-state index in [1.54, 1.807) is 6.20 Å². The van der Waals surface area contributed by atoms with Crippen LogP contribution in [0.3, 0.4) is 0 Å². The summed E-state index contributed by atoms with van der Waals surface area (Å²) in [6, 6.07) is 13.0. The van der Waals surface area contributed by atoms with Crippen molar-refractivity contribution >= 4 is 0 Å². The van der Waals surface area contributed by atoms with E-state index in [9.17, 15) is 13.2 Å². The highest BCUT2D eigenvalue weighted by atomic mass is 19.4. The van der Waals surface area contributed by atoms with Crippen LogP contribution in [0.5, 0.6) is 0 Å². The van der Waals surface area contributed by atoms with Gasteiger partial charge in [-0.05, 0) is 35.7 Å². The Hall–Kier alpha value is -2.56. The van der Waals surface area contributed by atoms with Gasteiger partial charge in [0.05, 0.1) is 5.56 Å². The first-order valence-electron chi connectivity index (χ1n) is 8.18. The molecule has 0 aliphatic heterocycles. The summed E-state index contributed by atoms with van der Waals surface area (Å²) in [5.74, 6) is 0.941. The monoisotopic (exact) mass is 346 g/mol. The van der Waals surface area contributed by atoms with Crippen molar-refractivity contribution in [1.29, 1.82) is 0 Å². The Morgan fingerprint density at radius 3 is 1.84 bits per heavy atom. The van der Waals surface area contributed by atoms with E-state index in [1.807, 2.05) is 55.8 Å². The van der Waals surface area contributed by atoms with E-state index in [-0.39, 0.29) is 0 Å². The van der Waals surface area contributed by atoms with Crippen molar-refractivity contribution in [2.45, 2.75) is 33.5 Å². The van der Waals surface area contributed by atoms with Crippen molar-refractivity contribution in [1.82, 2.24) is 9.55 Å². The van der Waals surface area contributed by atoms with Crippen molar-refractivity contribution < 1.29 is 13.2 Å². The van der Waals surface area contributed by atoms with Crippen LogP contribution < -0.4 is 0 Å². The molecule has 0 spiro atoms. The standard InChI is InChI=1S/C18H15F3N2.C2H6/c1-13-22-10-11-23(13)12-14-2-4-15(5-3-14)16-6-8-17(9-7-16)18(19,20)21;1-2/h2-11H,12H2,1H3;1-2H3. The van der Waals surface area contributed by atoms with Crippen LogP contribution in [0.1, 0.15) is 30.8 Å². The lowest BCUT2D eigenvalue weighted by Gasteiger charge is -2.09. The maximum absolute atomic E-state index is 12.6. The van der Waals surface area contributed by atoms with Crippen LogP contribution >= 0.6 is 0 Å². The topological polar surface area (TPSA) is 17.8 Å². The lowest BCUT2D eigenvalue weighted by molar-refractivity contribution is -0.137. The third-order valence-electron chi connectivity index (χ3n) is 3.78. The van der Waals surface area contributed by atoms with E-state index in [4.69, 9.17) is 0 Å². The molecule has 3 aromatic rings. The minimum Gasteiger partial charge on any atom is -0.331 e. The van der Waals surface area contributed by atoms with Crippen LogP contribution in [0.25, 0.3) is 11.1 Å². The molecule has 0 unspecified atom stereocenters. The number of aryl methyl sites for hydroxylation is 1. The normalized spacial score (nSPS) is 11.0. The number of benzene rings is 2. The van der Waals surface area contributed by atoms with E-state index < -0.39 is 11.7 Å². The molecule has 5 heteroatoms. The molecule has 1 heterocycles. The van der Waals surface area contributed by atoms with Gasteiger partial charge in [-0.15, -0.1) is 0 Å². The molecule has 25 heavy (non-hydrogen) atoms. The third kappa shape index (κ3) is 4.72. The largest absolute Gasteiger partial charge is 0.416 e. The van der Waals surface area contributed by atoms with Crippen LogP contribution in [0.15, 0.2) is 60.9 Å². The van der Waals surface area contributed by atoms with Crippen LogP contribution in [0.4, 0.5) is 13.2 Å². The molecule has 2 nitrogen and oxygen atoms in total. The van der Waals surface area contributed by atoms with Gasteiger partial charge >= 0.3 is 6.18 Å². The zero-order valence-corrected chi connectivity index (χ0v) is 14.5. The van der Waals surface area contributed by atoms with Gasteiger partial charge in [0.15, 0.2) is 0 Å². The maximum Gasteiger partial charge on any atom is 0.416 e. The van der Waals surface area contributed by atoms with Gasteiger partial charge in [0.1, 0.15) is 5.82 Å². The quantitative estimate of drug-likeness (QED) is 0.573. The maximum atomic E-state index is 12.6. The van der Waals surface area contributed by atoms with Crippen LogP contribution in [-0.4, -0.2) is 9.55 Å². The molecular formula is C20H21F3N2. The molecule has 0 bridgehead atoms. The summed E-state index contributed by atoms with van der Waals surface area (Å²) < 4.78 is 39.8. The molecule has 0 saturated carbocycles. The van der Waals surface area contributed by atoms with Crippen molar-refractivity contribution in [3.63, 3.8) is 0 Å². The molecule has 1 aromatic heterocycles. The van der Waals surface area contributed by atoms with Crippen LogP contribution in [0, 0.1) is 6.92 Å². The predicted octanol–water partition coefficient (Wildman–Crippen LogP) is 5.95. The van der Waals surface area contributed by atoms with E-state index in [0.717, 1.165) is 41.2 Å². The minimum absolute atomic E-state index is 0.631. The first-order valence-corrected chi connectivity index (χ1v) is 8.18. The van der Waals surface area contributed by atoms with Gasteiger partial charge < -0.3 is 4.57 Å². The molecule has 2 aromatic carbocycles. The molecule has 0 N–H and O–H groups in total. The Bertz CT molecular complexity index is 785. The van der Waals surface area contributed by atoms with Gasteiger partial charge in [0, 0.05) is 18.9 Å². The predicted molar refractivity (Wildman–Crippen MR) is 94.3 cm³/mol. The Labute approximate surface area is 146 Å².